The van der Waals surface area contributed by atoms with Crippen LogP contribution in [0.3, 0.4) is 0 Å². The van der Waals surface area contributed by atoms with Crippen molar-refractivity contribution in [2.75, 3.05) is 5.75 Å². The molecule has 0 radical (unpaired) electrons. The second kappa shape index (κ2) is 3.36. The first-order valence-corrected chi connectivity index (χ1v) is 4.03. The molecular weight excluding hydrogens is 140 g/mol. The van der Waals surface area contributed by atoms with Crippen LogP contribution in [0.1, 0.15) is 13.8 Å². The second-order valence-electron chi connectivity index (χ2n) is 1.28. The SMILES string of the molecule is CC#COS(=O)(=O)CC. The quantitative estimate of drug-likeness (QED) is 0.419. The van der Waals surface area contributed by atoms with Crippen LogP contribution in [0.2, 0.25) is 0 Å². The fourth-order valence-electron chi connectivity index (χ4n) is 0.164. The summed E-state index contributed by atoms with van der Waals surface area (Å²) in [4.78, 5) is 0. The zero-order chi connectivity index (χ0) is 7.33. The molecule has 0 aliphatic rings. The first-order valence-electron chi connectivity index (χ1n) is 2.45. The Morgan fingerprint density at radius 3 is 2.44 bits per heavy atom. The van der Waals surface area contributed by atoms with Gasteiger partial charge in [-0.05, 0) is 6.92 Å². The molecule has 0 unspecified atom stereocenters. The molecule has 4 heteroatoms. The summed E-state index contributed by atoms with van der Waals surface area (Å²) in [7, 11) is -3.36. The monoisotopic (exact) mass is 148 g/mol. The minimum Gasteiger partial charge on any atom is -0.328 e. The van der Waals surface area contributed by atoms with Gasteiger partial charge in [0.15, 0.2) is 0 Å². The minimum atomic E-state index is -3.36. The van der Waals surface area contributed by atoms with E-state index < -0.39 is 10.1 Å². The summed E-state index contributed by atoms with van der Waals surface area (Å²) in [6.07, 6.45) is 2.00. The Kier molecular flexibility index (Phi) is 3.10. The zero-order valence-electron chi connectivity index (χ0n) is 5.34. The predicted molar refractivity (Wildman–Crippen MR) is 34.0 cm³/mol. The molecular formula is C5H8O3S. The molecule has 0 heterocycles. The van der Waals surface area contributed by atoms with Crippen molar-refractivity contribution in [1.29, 1.82) is 0 Å². The van der Waals surface area contributed by atoms with Crippen molar-refractivity contribution in [3.05, 3.63) is 0 Å². The molecule has 0 aliphatic carbocycles. The average Bonchev–Trinajstić information content (AvgIpc) is 1.84. The van der Waals surface area contributed by atoms with Crippen molar-refractivity contribution in [1.82, 2.24) is 0 Å². The van der Waals surface area contributed by atoms with E-state index in [1.54, 1.807) is 0 Å². The molecule has 0 saturated heterocycles. The molecule has 0 N–H and O–H groups in total. The summed E-state index contributed by atoms with van der Waals surface area (Å²) >= 11 is 0. The van der Waals surface area contributed by atoms with Crippen molar-refractivity contribution in [2.45, 2.75) is 13.8 Å². The van der Waals surface area contributed by atoms with E-state index in [0.717, 1.165) is 0 Å². The second-order valence-corrected chi connectivity index (χ2v) is 3.14. The van der Waals surface area contributed by atoms with E-state index in [4.69, 9.17) is 0 Å². The van der Waals surface area contributed by atoms with Crippen LogP contribution in [0.15, 0.2) is 0 Å². The van der Waals surface area contributed by atoms with Crippen molar-refractivity contribution in [3.8, 4) is 12.0 Å². The van der Waals surface area contributed by atoms with E-state index in [1.165, 1.54) is 13.8 Å². The Morgan fingerprint density at radius 2 is 2.11 bits per heavy atom. The summed E-state index contributed by atoms with van der Waals surface area (Å²) in [6.45, 7) is 3.00. The summed E-state index contributed by atoms with van der Waals surface area (Å²) in [5.41, 5.74) is 0. The fraction of sp³-hybridized carbons (Fsp3) is 0.600. The van der Waals surface area contributed by atoms with E-state index in [-0.39, 0.29) is 5.75 Å². The molecule has 0 aromatic heterocycles. The number of hydrogen-bond acceptors (Lipinski definition) is 3. The lowest BCUT2D eigenvalue weighted by molar-refractivity contribution is 0.467. The van der Waals surface area contributed by atoms with Gasteiger partial charge in [-0.1, -0.05) is 5.92 Å². The van der Waals surface area contributed by atoms with Crippen LogP contribution in [0.5, 0.6) is 0 Å². The standard InChI is InChI=1S/C5H8O3S/c1-3-5-8-9(6,7)4-2/h4H2,1-2H3. The molecule has 3 nitrogen and oxygen atoms in total. The van der Waals surface area contributed by atoms with Crippen LogP contribution in [0.25, 0.3) is 0 Å². The van der Waals surface area contributed by atoms with Crippen molar-refractivity contribution in [3.63, 3.8) is 0 Å². The molecule has 52 valence electrons. The van der Waals surface area contributed by atoms with Crippen molar-refractivity contribution in [2.24, 2.45) is 0 Å². The predicted octanol–water partition coefficient (Wildman–Crippen LogP) is 0.334. The molecule has 0 spiro atoms. The Bertz CT molecular complexity index is 216. The first-order chi connectivity index (χ1) is 4.12. The Hall–Kier alpha value is -0.690. The molecule has 0 rings (SSSR count). The van der Waals surface area contributed by atoms with Gasteiger partial charge < -0.3 is 4.18 Å². The molecule has 9 heavy (non-hydrogen) atoms. The molecule has 0 atom stereocenters. The van der Waals surface area contributed by atoms with Gasteiger partial charge in [0.05, 0.1) is 5.75 Å². The van der Waals surface area contributed by atoms with Crippen molar-refractivity contribution >= 4 is 10.1 Å². The number of hydrogen-bond donors (Lipinski definition) is 0. The largest absolute Gasteiger partial charge is 0.328 e. The van der Waals surface area contributed by atoms with Crippen LogP contribution in [-0.2, 0) is 14.3 Å². The Morgan fingerprint density at radius 1 is 1.56 bits per heavy atom. The van der Waals surface area contributed by atoms with Crippen LogP contribution in [0, 0.1) is 12.0 Å². The van der Waals surface area contributed by atoms with Crippen LogP contribution in [-0.4, -0.2) is 14.2 Å². The maximum absolute atomic E-state index is 10.4. The molecule has 0 aromatic rings. The molecule has 0 saturated carbocycles. The Balaban J connectivity index is 4.00. The van der Waals surface area contributed by atoms with Gasteiger partial charge in [-0.15, -0.1) is 0 Å². The highest BCUT2D eigenvalue weighted by Crippen LogP contribution is 1.88. The highest BCUT2D eigenvalue weighted by atomic mass is 32.2. The molecule has 0 aliphatic heterocycles. The van der Waals surface area contributed by atoms with E-state index in [9.17, 15) is 8.42 Å². The van der Waals surface area contributed by atoms with Crippen LogP contribution in [0.4, 0.5) is 0 Å². The normalized spacial score (nSPS) is 9.56. The van der Waals surface area contributed by atoms with Gasteiger partial charge in [-0.25, -0.2) is 0 Å². The van der Waals surface area contributed by atoms with E-state index >= 15 is 0 Å². The maximum Gasteiger partial charge on any atom is 0.316 e. The van der Waals surface area contributed by atoms with E-state index in [0.29, 0.717) is 0 Å². The van der Waals surface area contributed by atoms with Gasteiger partial charge in [-0.2, -0.15) is 8.42 Å². The van der Waals surface area contributed by atoms with Gasteiger partial charge in [0.2, 0.25) is 0 Å². The van der Waals surface area contributed by atoms with Crippen molar-refractivity contribution < 1.29 is 12.6 Å². The lowest BCUT2D eigenvalue weighted by Crippen LogP contribution is -2.03. The smallest absolute Gasteiger partial charge is 0.316 e. The summed E-state index contributed by atoms with van der Waals surface area (Å²) < 4.78 is 25.0. The lowest BCUT2D eigenvalue weighted by Gasteiger charge is -1.91. The van der Waals surface area contributed by atoms with Gasteiger partial charge in [0.25, 0.3) is 0 Å². The lowest BCUT2D eigenvalue weighted by atomic mass is 10.8. The van der Waals surface area contributed by atoms with Crippen LogP contribution < -0.4 is 0 Å². The first kappa shape index (κ1) is 8.31. The van der Waals surface area contributed by atoms with Crippen LogP contribution >= 0.6 is 0 Å². The summed E-state index contributed by atoms with van der Waals surface area (Å²) in [5.74, 6) is 2.27. The highest BCUT2D eigenvalue weighted by molar-refractivity contribution is 7.86. The van der Waals surface area contributed by atoms with Gasteiger partial charge >= 0.3 is 10.1 Å². The van der Waals surface area contributed by atoms with Gasteiger partial charge in [-0.3, -0.25) is 0 Å². The molecule has 0 aromatic carbocycles. The molecule has 0 bridgehead atoms. The third-order valence-electron chi connectivity index (χ3n) is 0.624. The number of rotatable bonds is 2. The van der Waals surface area contributed by atoms with E-state index in [1.807, 2.05) is 6.11 Å². The topological polar surface area (TPSA) is 43.4 Å². The molecule has 0 fully saturated rings. The fourth-order valence-corrected chi connectivity index (χ4v) is 0.492. The maximum atomic E-state index is 10.4. The zero-order valence-corrected chi connectivity index (χ0v) is 6.16. The van der Waals surface area contributed by atoms with Gasteiger partial charge in [0.1, 0.15) is 6.11 Å². The summed E-state index contributed by atoms with van der Waals surface area (Å²) in [5, 5.41) is 0. The van der Waals surface area contributed by atoms with E-state index in [2.05, 4.69) is 10.1 Å². The summed E-state index contributed by atoms with van der Waals surface area (Å²) in [6, 6.07) is 0. The average molecular weight is 148 g/mol. The van der Waals surface area contributed by atoms with Gasteiger partial charge in [0, 0.05) is 6.92 Å². The Labute approximate surface area is 55.1 Å². The third-order valence-corrected chi connectivity index (χ3v) is 1.67. The third kappa shape index (κ3) is 3.86. The minimum absolute atomic E-state index is 0.0400. The molecule has 0 amide bonds. The highest BCUT2D eigenvalue weighted by Gasteiger charge is 2.03.